The number of rotatable bonds is 3. The van der Waals surface area contributed by atoms with E-state index in [1.807, 2.05) is 15.8 Å². The molecule has 1 amide bonds. The minimum atomic E-state index is -0.228. The quantitative estimate of drug-likeness (QED) is 0.856. The molecule has 26 heavy (non-hydrogen) atoms. The Kier molecular flexibility index (Phi) is 3.36. The van der Waals surface area contributed by atoms with Crippen LogP contribution >= 0.6 is 0 Å². The van der Waals surface area contributed by atoms with Gasteiger partial charge in [-0.1, -0.05) is 26.8 Å². The highest BCUT2D eigenvalue weighted by atomic mass is 16.2. The van der Waals surface area contributed by atoms with E-state index >= 15 is 0 Å². The van der Waals surface area contributed by atoms with Crippen molar-refractivity contribution in [3.8, 4) is 11.3 Å². The Morgan fingerprint density at radius 3 is 2.85 bits per heavy atom. The van der Waals surface area contributed by atoms with Gasteiger partial charge in [-0.3, -0.25) is 14.5 Å². The summed E-state index contributed by atoms with van der Waals surface area (Å²) in [5, 5.41) is 4.91. The van der Waals surface area contributed by atoms with Crippen LogP contribution in [0.4, 0.5) is 0 Å². The summed E-state index contributed by atoms with van der Waals surface area (Å²) in [6, 6.07) is 1.84. The predicted octanol–water partition coefficient (Wildman–Crippen LogP) is 3.12. The number of likely N-dealkylation sites (tertiary alicyclic amines) is 1. The zero-order valence-electron chi connectivity index (χ0n) is 15.6. The number of hydrogen-bond acceptors (Lipinski definition) is 3. The number of carbonyl (C=O) groups excluding carboxylic acids is 1. The molecule has 3 heterocycles. The molecule has 1 unspecified atom stereocenters. The molecule has 0 N–H and O–H groups in total. The van der Waals surface area contributed by atoms with Crippen molar-refractivity contribution in [2.24, 2.45) is 11.8 Å². The van der Waals surface area contributed by atoms with Crippen LogP contribution in [-0.4, -0.2) is 38.7 Å². The third-order valence-electron chi connectivity index (χ3n) is 5.88. The Bertz CT molecular complexity index is 933. The first-order chi connectivity index (χ1) is 12.5. The van der Waals surface area contributed by atoms with E-state index in [-0.39, 0.29) is 17.9 Å². The number of amides is 1. The van der Waals surface area contributed by atoms with Gasteiger partial charge >= 0.3 is 0 Å². The van der Waals surface area contributed by atoms with Gasteiger partial charge in [-0.25, -0.2) is 0 Å². The Balaban J connectivity index is 1.55. The van der Waals surface area contributed by atoms with E-state index in [0.29, 0.717) is 5.92 Å². The molecule has 1 saturated heterocycles. The van der Waals surface area contributed by atoms with Crippen molar-refractivity contribution in [3.63, 3.8) is 0 Å². The molecule has 0 saturated carbocycles. The molecule has 0 spiro atoms. The van der Waals surface area contributed by atoms with Gasteiger partial charge < -0.3 is 4.90 Å². The maximum atomic E-state index is 13.0. The van der Waals surface area contributed by atoms with Gasteiger partial charge in [-0.15, -0.1) is 0 Å². The molecule has 0 radical (unpaired) electrons. The second kappa shape index (κ2) is 5.53. The van der Waals surface area contributed by atoms with E-state index in [2.05, 4.69) is 44.1 Å². The number of fused-ring (bicyclic) bond motifs is 2. The van der Waals surface area contributed by atoms with Crippen molar-refractivity contribution in [1.29, 1.82) is 0 Å². The normalized spacial score (nSPS) is 19.1. The van der Waals surface area contributed by atoms with Crippen LogP contribution < -0.4 is 0 Å². The highest BCUT2D eigenvalue weighted by Gasteiger charge is 2.36. The summed E-state index contributed by atoms with van der Waals surface area (Å²) in [4.78, 5) is 19.5. The van der Waals surface area contributed by atoms with Crippen LogP contribution in [0, 0.1) is 11.8 Å². The first-order valence-corrected chi connectivity index (χ1v) is 9.57. The van der Waals surface area contributed by atoms with Crippen LogP contribution in [0.1, 0.15) is 43.6 Å². The monoisotopic (exact) mass is 348 g/mol. The van der Waals surface area contributed by atoms with Gasteiger partial charge in [0, 0.05) is 55.0 Å². The summed E-state index contributed by atoms with van der Waals surface area (Å²) in [6.07, 6.45) is 8.08. The molecule has 2 aromatic heterocycles. The Morgan fingerprint density at radius 2 is 2.12 bits per heavy atom. The fraction of sp³-hybridized carbons (Fsp3) is 0.476. The maximum Gasteiger partial charge on any atom is 0.247 e. The van der Waals surface area contributed by atoms with Crippen LogP contribution in [-0.2, 0) is 17.6 Å². The van der Waals surface area contributed by atoms with Crippen LogP contribution in [0.5, 0.6) is 0 Å². The van der Waals surface area contributed by atoms with Crippen LogP contribution in [0.3, 0.4) is 0 Å². The lowest BCUT2D eigenvalue weighted by Gasteiger charge is -2.40. The van der Waals surface area contributed by atoms with E-state index in [1.165, 1.54) is 22.3 Å². The fourth-order valence-corrected chi connectivity index (χ4v) is 4.60. The average Bonchev–Trinajstić information content (AvgIpc) is 3.17. The molecule has 1 fully saturated rings. The zero-order valence-corrected chi connectivity index (χ0v) is 15.6. The highest BCUT2D eigenvalue weighted by molar-refractivity contribution is 5.90. The Hall–Kier alpha value is -2.43. The lowest BCUT2D eigenvalue weighted by molar-refractivity contribution is -0.142. The van der Waals surface area contributed by atoms with Crippen molar-refractivity contribution in [3.05, 3.63) is 41.4 Å². The van der Waals surface area contributed by atoms with Gasteiger partial charge in [-0.2, -0.15) is 5.10 Å². The van der Waals surface area contributed by atoms with E-state index in [1.54, 1.807) is 0 Å². The average molecular weight is 348 g/mol. The molecule has 0 aromatic carbocycles. The second-order valence-corrected chi connectivity index (χ2v) is 8.31. The third kappa shape index (κ3) is 2.19. The molecule has 5 nitrogen and oxygen atoms in total. The standard InChI is InChI=1S/C21H24N4O/c1-12(2)20(21(26)24-9-13(3)10-24)25-11-15-8-14-4-5-17-18(14)16(6-7-22-17)19(15)23-25/h4,6-7,11-13,20H,5,8-10H2,1-3H3. The van der Waals surface area contributed by atoms with Crippen molar-refractivity contribution >= 4 is 11.5 Å². The molecule has 2 aromatic rings. The van der Waals surface area contributed by atoms with Crippen LogP contribution in [0.2, 0.25) is 0 Å². The molecule has 5 heteroatoms. The van der Waals surface area contributed by atoms with E-state index in [9.17, 15) is 4.79 Å². The largest absolute Gasteiger partial charge is 0.340 e. The molecule has 134 valence electrons. The summed E-state index contributed by atoms with van der Waals surface area (Å²) in [6.45, 7) is 8.14. The predicted molar refractivity (Wildman–Crippen MR) is 100 cm³/mol. The second-order valence-electron chi connectivity index (χ2n) is 8.31. The summed E-state index contributed by atoms with van der Waals surface area (Å²) < 4.78 is 1.93. The van der Waals surface area contributed by atoms with Gasteiger partial charge in [0.05, 0.1) is 11.4 Å². The maximum absolute atomic E-state index is 13.0. The Labute approximate surface area is 153 Å². The molecule has 1 aliphatic heterocycles. The number of hydrogen-bond donors (Lipinski definition) is 0. The number of aromatic nitrogens is 3. The number of allylic oxidation sites excluding steroid dienone is 2. The fourth-order valence-electron chi connectivity index (χ4n) is 4.60. The van der Waals surface area contributed by atoms with Gasteiger partial charge in [-0.05, 0) is 23.5 Å². The molecule has 3 aliphatic rings. The van der Waals surface area contributed by atoms with Crippen molar-refractivity contribution in [1.82, 2.24) is 19.7 Å². The Morgan fingerprint density at radius 1 is 1.31 bits per heavy atom. The molecular weight excluding hydrogens is 324 g/mol. The van der Waals surface area contributed by atoms with Gasteiger partial charge in [0.2, 0.25) is 5.91 Å². The molecular formula is C21H24N4O. The summed E-state index contributed by atoms with van der Waals surface area (Å²) >= 11 is 0. The first-order valence-electron chi connectivity index (χ1n) is 9.57. The van der Waals surface area contributed by atoms with E-state index in [0.717, 1.165) is 37.3 Å². The molecule has 1 atom stereocenters. The lowest BCUT2D eigenvalue weighted by atomic mass is 9.88. The smallest absolute Gasteiger partial charge is 0.247 e. The highest BCUT2D eigenvalue weighted by Crippen LogP contribution is 2.43. The summed E-state index contributed by atoms with van der Waals surface area (Å²) in [5.41, 5.74) is 7.21. The minimum absolute atomic E-state index is 0.204. The van der Waals surface area contributed by atoms with Crippen molar-refractivity contribution < 1.29 is 4.79 Å². The van der Waals surface area contributed by atoms with Crippen molar-refractivity contribution in [2.45, 2.75) is 39.7 Å². The zero-order chi connectivity index (χ0) is 18.0. The molecule has 0 bridgehead atoms. The van der Waals surface area contributed by atoms with E-state index < -0.39 is 0 Å². The first kappa shape index (κ1) is 15.8. The van der Waals surface area contributed by atoms with Gasteiger partial charge in [0.1, 0.15) is 6.04 Å². The van der Waals surface area contributed by atoms with E-state index in [4.69, 9.17) is 5.10 Å². The topological polar surface area (TPSA) is 51.0 Å². The minimum Gasteiger partial charge on any atom is -0.340 e. The van der Waals surface area contributed by atoms with Crippen molar-refractivity contribution in [2.75, 3.05) is 13.1 Å². The summed E-state index contributed by atoms with van der Waals surface area (Å²) in [5.74, 6) is 1.02. The number of nitrogens with zero attached hydrogens (tertiary/aromatic N) is 4. The SMILES string of the molecule is CC1CN(C(=O)C(C(C)C)n2cc3c(n2)-c2ccnc4c2C(=CC4)C3)C1. The number of pyridine rings is 1. The van der Waals surface area contributed by atoms with Gasteiger partial charge in [0.15, 0.2) is 0 Å². The molecule has 2 aliphatic carbocycles. The van der Waals surface area contributed by atoms with Crippen LogP contribution in [0.15, 0.2) is 24.5 Å². The third-order valence-corrected chi connectivity index (χ3v) is 5.88. The number of carbonyl (C=O) groups is 1. The summed E-state index contributed by atoms with van der Waals surface area (Å²) in [7, 11) is 0. The molecule has 5 rings (SSSR count). The van der Waals surface area contributed by atoms with Crippen LogP contribution in [0.25, 0.3) is 16.8 Å². The van der Waals surface area contributed by atoms with Gasteiger partial charge in [0.25, 0.3) is 0 Å². The lowest BCUT2D eigenvalue weighted by Crippen LogP contribution is -2.52.